The number of aliphatic hydroxyl groups is 1. The smallest absolute Gasteiger partial charge is 0.119 e. The van der Waals surface area contributed by atoms with Crippen molar-refractivity contribution in [3.63, 3.8) is 0 Å². The van der Waals surface area contributed by atoms with Crippen molar-refractivity contribution in [3.05, 3.63) is 52.2 Å². The van der Waals surface area contributed by atoms with E-state index in [1.165, 1.54) is 5.56 Å². The van der Waals surface area contributed by atoms with Gasteiger partial charge < -0.3 is 9.84 Å². The molecule has 2 nitrogen and oxygen atoms in total. The van der Waals surface area contributed by atoms with E-state index in [4.69, 9.17) is 4.74 Å². The third-order valence-corrected chi connectivity index (χ3v) is 3.68. The minimum Gasteiger partial charge on any atom is -0.497 e. The van der Waals surface area contributed by atoms with Crippen LogP contribution in [0.5, 0.6) is 5.75 Å². The summed E-state index contributed by atoms with van der Waals surface area (Å²) in [5, 5.41) is 14.2. The van der Waals surface area contributed by atoms with E-state index < -0.39 is 0 Å². The van der Waals surface area contributed by atoms with Gasteiger partial charge in [0.25, 0.3) is 0 Å². The SMILES string of the molecule is COc1cccc(CC(O)CCc2ccsc2)c1. The Labute approximate surface area is 112 Å². The Balaban J connectivity index is 1.84. The van der Waals surface area contributed by atoms with Crippen LogP contribution < -0.4 is 4.74 Å². The first-order chi connectivity index (χ1) is 8.78. The summed E-state index contributed by atoms with van der Waals surface area (Å²) in [4.78, 5) is 0. The molecule has 2 rings (SSSR count). The van der Waals surface area contributed by atoms with Crippen LogP contribution in [0.15, 0.2) is 41.1 Å². The third-order valence-electron chi connectivity index (χ3n) is 2.95. The summed E-state index contributed by atoms with van der Waals surface area (Å²) in [5.41, 5.74) is 2.43. The highest BCUT2D eigenvalue weighted by Gasteiger charge is 2.07. The predicted octanol–water partition coefficient (Wildman–Crippen LogP) is 3.29. The average molecular weight is 262 g/mol. The second kappa shape index (κ2) is 6.57. The first-order valence-corrected chi connectivity index (χ1v) is 7.04. The van der Waals surface area contributed by atoms with Gasteiger partial charge in [-0.15, -0.1) is 0 Å². The van der Waals surface area contributed by atoms with Gasteiger partial charge in [-0.2, -0.15) is 11.3 Å². The molecule has 1 N–H and O–H groups in total. The number of aliphatic hydroxyl groups excluding tert-OH is 1. The van der Waals surface area contributed by atoms with E-state index in [9.17, 15) is 5.11 Å². The van der Waals surface area contributed by atoms with Crippen LogP contribution in [-0.2, 0) is 12.8 Å². The van der Waals surface area contributed by atoms with Gasteiger partial charge in [0.15, 0.2) is 0 Å². The molecule has 0 aliphatic heterocycles. The normalized spacial score (nSPS) is 12.3. The highest BCUT2D eigenvalue weighted by molar-refractivity contribution is 7.07. The predicted molar refractivity (Wildman–Crippen MR) is 75.3 cm³/mol. The summed E-state index contributed by atoms with van der Waals surface area (Å²) >= 11 is 1.70. The lowest BCUT2D eigenvalue weighted by Gasteiger charge is -2.11. The molecule has 0 amide bonds. The number of rotatable bonds is 6. The Morgan fingerprint density at radius 3 is 2.89 bits per heavy atom. The number of hydrogen-bond acceptors (Lipinski definition) is 3. The lowest BCUT2D eigenvalue weighted by Crippen LogP contribution is -2.11. The quantitative estimate of drug-likeness (QED) is 0.865. The van der Waals surface area contributed by atoms with E-state index >= 15 is 0 Å². The molecule has 1 unspecified atom stereocenters. The molecule has 1 heterocycles. The maximum atomic E-state index is 10.0. The molecule has 0 bridgehead atoms. The molecule has 1 aromatic carbocycles. The molecule has 0 saturated carbocycles. The van der Waals surface area contributed by atoms with E-state index in [1.54, 1.807) is 18.4 Å². The summed E-state index contributed by atoms with van der Waals surface area (Å²) in [6.07, 6.45) is 2.13. The molecule has 0 radical (unpaired) electrons. The van der Waals surface area contributed by atoms with E-state index in [1.807, 2.05) is 24.3 Å². The van der Waals surface area contributed by atoms with Crippen molar-refractivity contribution in [2.75, 3.05) is 7.11 Å². The van der Waals surface area contributed by atoms with Gasteiger partial charge in [-0.05, 0) is 59.3 Å². The van der Waals surface area contributed by atoms with Gasteiger partial charge in [-0.1, -0.05) is 12.1 Å². The highest BCUT2D eigenvalue weighted by Crippen LogP contribution is 2.16. The van der Waals surface area contributed by atoms with Crippen LogP contribution in [0.3, 0.4) is 0 Å². The third kappa shape index (κ3) is 3.86. The van der Waals surface area contributed by atoms with Crippen molar-refractivity contribution in [1.29, 1.82) is 0 Å². The monoisotopic (exact) mass is 262 g/mol. The standard InChI is InChI=1S/C15H18O2S/c1-17-15-4-2-3-13(10-15)9-14(16)6-5-12-7-8-18-11-12/h2-4,7-8,10-11,14,16H,5-6,9H2,1H3. The van der Waals surface area contributed by atoms with E-state index in [2.05, 4.69) is 16.8 Å². The number of aryl methyl sites for hydroxylation is 1. The van der Waals surface area contributed by atoms with Gasteiger partial charge in [0.1, 0.15) is 5.75 Å². The van der Waals surface area contributed by atoms with Crippen LogP contribution in [-0.4, -0.2) is 18.3 Å². The molecule has 1 atom stereocenters. The summed E-state index contributed by atoms with van der Waals surface area (Å²) in [6, 6.07) is 9.99. The van der Waals surface area contributed by atoms with Crippen LogP contribution in [0.1, 0.15) is 17.5 Å². The van der Waals surface area contributed by atoms with Crippen molar-refractivity contribution in [1.82, 2.24) is 0 Å². The molecule has 0 spiro atoms. The summed E-state index contributed by atoms with van der Waals surface area (Å²) in [5.74, 6) is 0.845. The van der Waals surface area contributed by atoms with Crippen molar-refractivity contribution >= 4 is 11.3 Å². The van der Waals surface area contributed by atoms with Gasteiger partial charge in [0.2, 0.25) is 0 Å². The minimum absolute atomic E-state index is 0.294. The molecule has 1 aromatic heterocycles. The van der Waals surface area contributed by atoms with E-state index in [-0.39, 0.29) is 6.10 Å². The first kappa shape index (κ1) is 13.1. The van der Waals surface area contributed by atoms with Gasteiger partial charge in [-0.25, -0.2) is 0 Å². The average Bonchev–Trinajstić information content (AvgIpc) is 2.90. The molecule has 0 aliphatic carbocycles. The van der Waals surface area contributed by atoms with Crippen molar-refractivity contribution in [3.8, 4) is 5.75 Å². The first-order valence-electron chi connectivity index (χ1n) is 6.10. The maximum Gasteiger partial charge on any atom is 0.119 e. The van der Waals surface area contributed by atoms with Gasteiger partial charge in [-0.3, -0.25) is 0 Å². The fraction of sp³-hybridized carbons (Fsp3) is 0.333. The fourth-order valence-corrected chi connectivity index (χ4v) is 2.64. The largest absolute Gasteiger partial charge is 0.497 e. The molecule has 18 heavy (non-hydrogen) atoms. The molecule has 3 heteroatoms. The summed E-state index contributed by atoms with van der Waals surface area (Å²) < 4.78 is 5.18. The van der Waals surface area contributed by atoms with Gasteiger partial charge in [0, 0.05) is 0 Å². The Bertz CT molecular complexity index is 465. The number of hydrogen-bond donors (Lipinski definition) is 1. The van der Waals surface area contributed by atoms with E-state index in [0.717, 1.165) is 24.2 Å². The van der Waals surface area contributed by atoms with Crippen LogP contribution in [0.25, 0.3) is 0 Å². The molecule has 96 valence electrons. The summed E-state index contributed by atoms with van der Waals surface area (Å²) in [7, 11) is 1.66. The molecule has 0 saturated heterocycles. The maximum absolute atomic E-state index is 10.0. The molecule has 2 aromatic rings. The van der Waals surface area contributed by atoms with E-state index in [0.29, 0.717) is 6.42 Å². The number of thiophene rings is 1. The zero-order valence-corrected chi connectivity index (χ0v) is 11.3. The lowest BCUT2D eigenvalue weighted by molar-refractivity contribution is 0.165. The second-order valence-electron chi connectivity index (χ2n) is 4.38. The van der Waals surface area contributed by atoms with Crippen LogP contribution in [0, 0.1) is 0 Å². The Morgan fingerprint density at radius 1 is 1.28 bits per heavy atom. The Kier molecular flexibility index (Phi) is 4.79. The fourth-order valence-electron chi connectivity index (χ4n) is 1.94. The molecular weight excluding hydrogens is 244 g/mol. The van der Waals surface area contributed by atoms with Crippen molar-refractivity contribution < 1.29 is 9.84 Å². The number of ether oxygens (including phenoxy) is 1. The number of benzene rings is 1. The van der Waals surface area contributed by atoms with Crippen molar-refractivity contribution in [2.24, 2.45) is 0 Å². The zero-order chi connectivity index (χ0) is 12.8. The van der Waals surface area contributed by atoms with Crippen LogP contribution >= 0.6 is 11.3 Å². The Hall–Kier alpha value is -1.32. The molecular formula is C15H18O2S. The van der Waals surface area contributed by atoms with Gasteiger partial charge in [0.05, 0.1) is 13.2 Å². The second-order valence-corrected chi connectivity index (χ2v) is 5.16. The number of methoxy groups -OCH3 is 1. The van der Waals surface area contributed by atoms with Gasteiger partial charge >= 0.3 is 0 Å². The Morgan fingerprint density at radius 2 is 2.17 bits per heavy atom. The lowest BCUT2D eigenvalue weighted by atomic mass is 10.0. The highest BCUT2D eigenvalue weighted by atomic mass is 32.1. The molecule has 0 aliphatic rings. The van der Waals surface area contributed by atoms with Crippen molar-refractivity contribution in [2.45, 2.75) is 25.4 Å². The summed E-state index contributed by atoms with van der Waals surface area (Å²) in [6.45, 7) is 0. The topological polar surface area (TPSA) is 29.5 Å². The van der Waals surface area contributed by atoms with Crippen LogP contribution in [0.2, 0.25) is 0 Å². The molecule has 0 fully saturated rings. The zero-order valence-electron chi connectivity index (χ0n) is 10.5. The van der Waals surface area contributed by atoms with Crippen LogP contribution in [0.4, 0.5) is 0 Å². The minimum atomic E-state index is -0.294.